The van der Waals surface area contributed by atoms with Crippen molar-refractivity contribution in [2.24, 2.45) is 5.92 Å². The van der Waals surface area contributed by atoms with Gasteiger partial charge in [0.1, 0.15) is 5.82 Å². The molecule has 0 unspecified atom stereocenters. The summed E-state index contributed by atoms with van der Waals surface area (Å²) in [6, 6.07) is 3.83. The van der Waals surface area contributed by atoms with Gasteiger partial charge in [0.2, 0.25) is 0 Å². The van der Waals surface area contributed by atoms with Crippen molar-refractivity contribution in [2.45, 2.75) is 32.5 Å². The first-order valence-corrected chi connectivity index (χ1v) is 6.97. The minimum atomic E-state index is -4.05. The second-order valence-electron chi connectivity index (χ2n) is 5.13. The van der Waals surface area contributed by atoms with Crippen LogP contribution in [-0.2, 0) is 6.54 Å². The highest BCUT2D eigenvalue weighted by molar-refractivity contribution is 5.43. The highest BCUT2D eigenvalue weighted by Gasteiger charge is 2.40. The predicted octanol–water partition coefficient (Wildman–Crippen LogP) is 3.29. The fourth-order valence-electron chi connectivity index (χ4n) is 2.55. The van der Waals surface area contributed by atoms with Crippen molar-refractivity contribution in [3.05, 3.63) is 23.9 Å². The Bertz CT molecular complexity index is 426. The topological polar surface area (TPSA) is 28.2 Å². The van der Waals surface area contributed by atoms with Crippen LogP contribution >= 0.6 is 0 Å². The maximum Gasteiger partial charge on any atom is 0.391 e. The first kappa shape index (κ1) is 15.1. The zero-order chi connectivity index (χ0) is 14.6. The van der Waals surface area contributed by atoms with Crippen LogP contribution in [0.15, 0.2) is 18.3 Å². The van der Waals surface area contributed by atoms with E-state index in [-0.39, 0.29) is 12.8 Å². The van der Waals surface area contributed by atoms with Crippen LogP contribution in [0.25, 0.3) is 0 Å². The summed E-state index contributed by atoms with van der Waals surface area (Å²) in [5.74, 6) is -0.311. The molecule has 0 radical (unpaired) electrons. The number of rotatable bonds is 4. The van der Waals surface area contributed by atoms with E-state index in [1.165, 1.54) is 0 Å². The zero-order valence-electron chi connectivity index (χ0n) is 11.6. The summed E-state index contributed by atoms with van der Waals surface area (Å²) in [6.45, 7) is 4.41. The zero-order valence-corrected chi connectivity index (χ0v) is 11.6. The quantitative estimate of drug-likeness (QED) is 0.921. The highest BCUT2D eigenvalue weighted by atomic mass is 19.4. The smallest absolute Gasteiger partial charge is 0.370 e. The molecule has 3 nitrogen and oxygen atoms in total. The lowest BCUT2D eigenvalue weighted by atomic mass is 9.96. The van der Waals surface area contributed by atoms with Crippen LogP contribution in [0.4, 0.5) is 19.0 Å². The van der Waals surface area contributed by atoms with E-state index in [0.29, 0.717) is 19.6 Å². The average Bonchev–Trinajstić information content (AvgIpc) is 2.41. The van der Waals surface area contributed by atoms with Crippen molar-refractivity contribution in [2.75, 3.05) is 25.0 Å². The molecule has 0 amide bonds. The molecule has 0 aromatic carbocycles. The highest BCUT2D eigenvalue weighted by Crippen LogP contribution is 2.34. The monoisotopic (exact) mass is 287 g/mol. The summed E-state index contributed by atoms with van der Waals surface area (Å²) in [5.41, 5.74) is 1.04. The van der Waals surface area contributed by atoms with Gasteiger partial charge >= 0.3 is 6.18 Å². The summed E-state index contributed by atoms with van der Waals surface area (Å²) in [7, 11) is 0. The van der Waals surface area contributed by atoms with E-state index in [1.54, 1.807) is 6.20 Å². The van der Waals surface area contributed by atoms with E-state index in [2.05, 4.69) is 15.2 Å². The number of nitrogens with one attached hydrogen (secondary N) is 1. The molecule has 2 rings (SSSR count). The summed E-state index contributed by atoms with van der Waals surface area (Å²) < 4.78 is 37.9. The minimum absolute atomic E-state index is 0.195. The number of piperidine rings is 1. The normalized spacial score (nSPS) is 18.2. The van der Waals surface area contributed by atoms with E-state index >= 15 is 0 Å². The molecular formula is C14H20F3N3. The van der Waals surface area contributed by atoms with Crippen molar-refractivity contribution in [1.29, 1.82) is 0 Å². The van der Waals surface area contributed by atoms with Gasteiger partial charge in [-0.05, 0) is 38.9 Å². The van der Waals surface area contributed by atoms with Gasteiger partial charge in [-0.3, -0.25) is 4.90 Å². The van der Waals surface area contributed by atoms with Crippen molar-refractivity contribution in [3.63, 3.8) is 0 Å². The number of hydrogen-bond donors (Lipinski definition) is 1. The van der Waals surface area contributed by atoms with Gasteiger partial charge in [-0.1, -0.05) is 6.07 Å². The molecule has 0 atom stereocenters. The van der Waals surface area contributed by atoms with E-state index < -0.39 is 12.1 Å². The molecule has 1 fully saturated rings. The number of pyridine rings is 1. The maximum atomic E-state index is 12.6. The number of halogens is 3. The van der Waals surface area contributed by atoms with Crippen LogP contribution in [-0.4, -0.2) is 35.7 Å². The predicted molar refractivity (Wildman–Crippen MR) is 72.5 cm³/mol. The molecule has 6 heteroatoms. The maximum absolute atomic E-state index is 12.6. The van der Waals surface area contributed by atoms with Crippen molar-refractivity contribution in [1.82, 2.24) is 9.88 Å². The van der Waals surface area contributed by atoms with Gasteiger partial charge in [-0.25, -0.2) is 4.98 Å². The van der Waals surface area contributed by atoms with Gasteiger partial charge in [0.15, 0.2) is 0 Å². The van der Waals surface area contributed by atoms with Crippen LogP contribution in [0.3, 0.4) is 0 Å². The van der Waals surface area contributed by atoms with Gasteiger partial charge in [0, 0.05) is 24.8 Å². The molecule has 1 aromatic heterocycles. The summed E-state index contributed by atoms with van der Waals surface area (Å²) in [4.78, 5) is 6.34. The molecule has 1 N–H and O–H groups in total. The fourth-order valence-corrected chi connectivity index (χ4v) is 2.55. The number of hydrogen-bond acceptors (Lipinski definition) is 3. The Kier molecular flexibility index (Phi) is 4.86. The van der Waals surface area contributed by atoms with Gasteiger partial charge in [0.25, 0.3) is 0 Å². The molecule has 1 aliphatic heterocycles. The van der Waals surface area contributed by atoms with E-state index in [0.717, 1.165) is 17.9 Å². The summed E-state index contributed by atoms with van der Waals surface area (Å²) in [6.07, 6.45) is -1.94. The van der Waals surface area contributed by atoms with Gasteiger partial charge in [0.05, 0.1) is 5.92 Å². The Hall–Kier alpha value is -1.30. The third-order valence-corrected chi connectivity index (χ3v) is 3.68. The van der Waals surface area contributed by atoms with Crippen molar-refractivity contribution in [3.8, 4) is 0 Å². The van der Waals surface area contributed by atoms with Gasteiger partial charge in [-0.15, -0.1) is 0 Å². The molecule has 1 aromatic rings. The Morgan fingerprint density at radius 2 is 2.05 bits per heavy atom. The van der Waals surface area contributed by atoms with Gasteiger partial charge < -0.3 is 5.32 Å². The summed E-state index contributed by atoms with van der Waals surface area (Å²) >= 11 is 0. The van der Waals surface area contributed by atoms with Crippen LogP contribution in [0.5, 0.6) is 0 Å². The second kappa shape index (κ2) is 6.43. The Labute approximate surface area is 117 Å². The van der Waals surface area contributed by atoms with E-state index in [1.807, 2.05) is 19.1 Å². The average molecular weight is 287 g/mol. The van der Waals surface area contributed by atoms with Crippen LogP contribution in [0.2, 0.25) is 0 Å². The Balaban J connectivity index is 1.93. The van der Waals surface area contributed by atoms with Crippen molar-refractivity contribution < 1.29 is 13.2 Å². The molecule has 0 spiro atoms. The lowest BCUT2D eigenvalue weighted by molar-refractivity contribution is -0.185. The molecule has 1 aliphatic rings. The van der Waals surface area contributed by atoms with Crippen LogP contribution < -0.4 is 5.32 Å². The Morgan fingerprint density at radius 3 is 2.65 bits per heavy atom. The third-order valence-electron chi connectivity index (χ3n) is 3.68. The van der Waals surface area contributed by atoms with Crippen LogP contribution in [0.1, 0.15) is 25.3 Å². The third kappa shape index (κ3) is 3.85. The first-order valence-electron chi connectivity index (χ1n) is 6.97. The SMILES string of the molecule is CCNc1ncccc1CN1CCC(C(F)(F)F)CC1. The molecule has 1 saturated heterocycles. The lowest BCUT2D eigenvalue weighted by Crippen LogP contribution is -2.38. The second-order valence-corrected chi connectivity index (χ2v) is 5.13. The van der Waals surface area contributed by atoms with E-state index in [9.17, 15) is 13.2 Å². The number of nitrogens with zero attached hydrogens (tertiary/aromatic N) is 2. The standard InChI is InChI=1S/C14H20F3N3/c1-2-18-13-11(4-3-7-19-13)10-20-8-5-12(6-9-20)14(15,16)17/h3-4,7,12H,2,5-6,8-10H2,1H3,(H,18,19). The fraction of sp³-hybridized carbons (Fsp3) is 0.643. The van der Waals surface area contributed by atoms with E-state index in [4.69, 9.17) is 0 Å². The molecule has 0 aliphatic carbocycles. The van der Waals surface area contributed by atoms with Crippen molar-refractivity contribution >= 4 is 5.82 Å². The molecule has 0 saturated carbocycles. The summed E-state index contributed by atoms with van der Waals surface area (Å²) in [5, 5.41) is 3.18. The van der Waals surface area contributed by atoms with Gasteiger partial charge in [-0.2, -0.15) is 13.2 Å². The lowest BCUT2D eigenvalue weighted by Gasteiger charge is -2.33. The number of alkyl halides is 3. The Morgan fingerprint density at radius 1 is 1.35 bits per heavy atom. The molecular weight excluding hydrogens is 267 g/mol. The first-order chi connectivity index (χ1) is 9.50. The minimum Gasteiger partial charge on any atom is -0.370 e. The molecule has 20 heavy (non-hydrogen) atoms. The molecule has 0 bridgehead atoms. The molecule has 2 heterocycles. The number of likely N-dealkylation sites (tertiary alicyclic amines) is 1. The molecule has 112 valence electrons. The van der Waals surface area contributed by atoms with Crippen LogP contribution in [0, 0.1) is 5.92 Å². The number of anilines is 1. The number of aromatic nitrogens is 1. The largest absolute Gasteiger partial charge is 0.391 e.